The molecule has 6 nitrogen and oxygen atoms in total. The van der Waals surface area contributed by atoms with E-state index in [9.17, 15) is 9.59 Å². The molecular formula is C24H23Cl2N3O3. The van der Waals surface area contributed by atoms with Crippen LogP contribution in [0.4, 0.5) is 5.69 Å². The van der Waals surface area contributed by atoms with Crippen LogP contribution in [0.3, 0.4) is 0 Å². The highest BCUT2D eigenvalue weighted by atomic mass is 35.5. The third-order valence-corrected chi connectivity index (χ3v) is 6.22. The van der Waals surface area contributed by atoms with E-state index < -0.39 is 6.10 Å². The molecule has 32 heavy (non-hydrogen) atoms. The average Bonchev–Trinajstić information content (AvgIpc) is 3.08. The largest absolute Gasteiger partial charge is 0.460 e. The molecule has 2 atom stereocenters. The smallest absolute Gasteiger partial charge is 0.302 e. The normalized spacial score (nSPS) is 17.2. The maximum atomic E-state index is 13.4. The number of nitrogens with zero attached hydrogens (tertiary/aromatic N) is 2. The summed E-state index contributed by atoms with van der Waals surface area (Å²) in [4.78, 5) is 29.9. The van der Waals surface area contributed by atoms with E-state index in [1.165, 1.54) is 11.5 Å². The van der Waals surface area contributed by atoms with E-state index in [-0.39, 0.29) is 17.6 Å². The first-order valence-corrected chi connectivity index (χ1v) is 11.1. The molecule has 8 heteroatoms. The third kappa shape index (κ3) is 4.12. The van der Waals surface area contributed by atoms with Gasteiger partial charge in [-0.1, -0.05) is 54.4 Å². The second-order valence-corrected chi connectivity index (χ2v) is 8.62. The maximum absolute atomic E-state index is 13.4. The second-order valence-electron chi connectivity index (χ2n) is 7.77. The summed E-state index contributed by atoms with van der Waals surface area (Å²) in [5, 5.41) is 4.28. The van der Waals surface area contributed by atoms with Crippen molar-refractivity contribution in [2.45, 2.75) is 38.8 Å². The van der Waals surface area contributed by atoms with Crippen molar-refractivity contribution < 1.29 is 9.53 Å². The number of fused-ring (bicyclic) bond motifs is 1. The van der Waals surface area contributed by atoms with E-state index in [0.717, 1.165) is 11.1 Å². The number of nitrogens with one attached hydrogen (secondary N) is 1. The van der Waals surface area contributed by atoms with E-state index >= 15 is 0 Å². The zero-order valence-corrected chi connectivity index (χ0v) is 19.5. The Labute approximate surface area is 196 Å². The summed E-state index contributed by atoms with van der Waals surface area (Å²) in [6.07, 6.45) is 0.703. The van der Waals surface area contributed by atoms with Gasteiger partial charge in [0.05, 0.1) is 16.8 Å². The molecule has 0 bridgehead atoms. The molecule has 1 aliphatic carbocycles. The van der Waals surface area contributed by atoms with Crippen LogP contribution in [0.1, 0.15) is 36.7 Å². The Balaban J connectivity index is 1.79. The highest BCUT2D eigenvalue weighted by molar-refractivity contribution is 6.36. The number of hydrogen-bond acceptors (Lipinski definition) is 5. The van der Waals surface area contributed by atoms with Gasteiger partial charge in [-0.15, -0.1) is 0 Å². The fraction of sp³-hybridized carbons (Fsp3) is 0.292. The summed E-state index contributed by atoms with van der Waals surface area (Å²) in [6.45, 7) is 3.33. The number of aryl methyl sites for hydroxylation is 1. The molecule has 0 saturated carbocycles. The molecule has 1 aliphatic rings. The molecule has 0 spiro atoms. The van der Waals surface area contributed by atoms with Crippen molar-refractivity contribution in [1.29, 1.82) is 0 Å². The van der Waals surface area contributed by atoms with Crippen molar-refractivity contribution >= 4 is 34.9 Å². The van der Waals surface area contributed by atoms with Gasteiger partial charge in [0.15, 0.2) is 0 Å². The lowest BCUT2D eigenvalue weighted by atomic mass is 10.1. The van der Waals surface area contributed by atoms with Crippen LogP contribution in [-0.2, 0) is 29.4 Å². The number of esters is 1. The number of carbonyl (C=O) groups is 1. The van der Waals surface area contributed by atoms with Crippen LogP contribution >= 0.6 is 23.2 Å². The van der Waals surface area contributed by atoms with Crippen LogP contribution in [0.15, 0.2) is 47.3 Å². The summed E-state index contributed by atoms with van der Waals surface area (Å²) in [5.41, 5.74) is 3.49. The number of hydrogen-bond donors (Lipinski definition) is 1. The summed E-state index contributed by atoms with van der Waals surface area (Å²) in [6, 6.07) is 12.6. The lowest BCUT2D eigenvalue weighted by Gasteiger charge is -2.24. The highest BCUT2D eigenvalue weighted by Crippen LogP contribution is 2.36. The predicted octanol–water partition coefficient (Wildman–Crippen LogP) is 4.96. The Bertz CT molecular complexity index is 1260. The minimum absolute atomic E-state index is 0.233. The Hall–Kier alpha value is -2.83. The van der Waals surface area contributed by atoms with Gasteiger partial charge in [-0.3, -0.25) is 14.2 Å². The fourth-order valence-electron chi connectivity index (χ4n) is 4.17. The molecule has 3 aromatic rings. The molecule has 2 aromatic carbocycles. The first-order chi connectivity index (χ1) is 15.3. The highest BCUT2D eigenvalue weighted by Gasteiger charge is 2.35. The Morgan fingerprint density at radius 2 is 2.00 bits per heavy atom. The van der Waals surface area contributed by atoms with Gasteiger partial charge < -0.3 is 10.1 Å². The van der Waals surface area contributed by atoms with E-state index in [1.807, 2.05) is 31.2 Å². The first kappa shape index (κ1) is 22.4. The molecule has 0 aliphatic heterocycles. The SMILES string of the molecule is CCc1nc(-c2ccc(Cl)cc2Cl)n(C)c(=O)c1N[C@@H]1c2ccccc2C[C@@H]1OC(C)=O. The summed E-state index contributed by atoms with van der Waals surface area (Å²) < 4.78 is 7.05. The van der Waals surface area contributed by atoms with Gasteiger partial charge in [0.2, 0.25) is 0 Å². The van der Waals surface area contributed by atoms with Crippen LogP contribution in [0.5, 0.6) is 0 Å². The van der Waals surface area contributed by atoms with Gasteiger partial charge in [-0.05, 0) is 35.7 Å². The molecule has 1 heterocycles. The number of ether oxygens (including phenoxy) is 1. The van der Waals surface area contributed by atoms with E-state index in [2.05, 4.69) is 5.32 Å². The van der Waals surface area contributed by atoms with Crippen molar-refractivity contribution in [2.24, 2.45) is 7.05 Å². The topological polar surface area (TPSA) is 73.2 Å². The van der Waals surface area contributed by atoms with Crippen molar-refractivity contribution in [3.05, 3.63) is 79.7 Å². The number of carbonyl (C=O) groups excluding carboxylic acids is 1. The number of anilines is 1. The molecule has 0 radical (unpaired) electrons. The predicted molar refractivity (Wildman–Crippen MR) is 126 cm³/mol. The summed E-state index contributed by atoms with van der Waals surface area (Å²) in [5.74, 6) is 0.103. The first-order valence-electron chi connectivity index (χ1n) is 10.4. The van der Waals surface area contributed by atoms with Crippen LogP contribution in [0.25, 0.3) is 11.4 Å². The standard InChI is InChI=1S/C24H23Cl2N3O3/c1-4-19-22(24(31)29(3)23(27-19)17-10-9-15(25)12-18(17)26)28-21-16-8-6-5-7-14(16)11-20(21)32-13(2)30/h5-10,12,20-21,28H,4,11H2,1-3H3/t20-,21+/m0/s1. The summed E-state index contributed by atoms with van der Waals surface area (Å²) >= 11 is 12.4. The number of aromatic nitrogens is 2. The zero-order valence-electron chi connectivity index (χ0n) is 18.0. The lowest BCUT2D eigenvalue weighted by molar-refractivity contribution is -0.146. The van der Waals surface area contributed by atoms with E-state index in [0.29, 0.717) is 45.7 Å². The number of halogens is 2. The van der Waals surface area contributed by atoms with Gasteiger partial charge in [0.25, 0.3) is 5.56 Å². The van der Waals surface area contributed by atoms with E-state index in [4.69, 9.17) is 32.9 Å². The van der Waals surface area contributed by atoms with Crippen molar-refractivity contribution in [1.82, 2.24) is 9.55 Å². The van der Waals surface area contributed by atoms with Crippen LogP contribution in [-0.4, -0.2) is 21.6 Å². The van der Waals surface area contributed by atoms with Crippen molar-refractivity contribution in [3.8, 4) is 11.4 Å². The second kappa shape index (κ2) is 8.96. The van der Waals surface area contributed by atoms with Crippen LogP contribution < -0.4 is 10.9 Å². The molecule has 4 rings (SSSR count). The molecule has 166 valence electrons. The molecule has 0 unspecified atom stereocenters. The van der Waals surface area contributed by atoms with Gasteiger partial charge in [-0.2, -0.15) is 0 Å². The van der Waals surface area contributed by atoms with Crippen molar-refractivity contribution in [3.63, 3.8) is 0 Å². The van der Waals surface area contributed by atoms with Gasteiger partial charge >= 0.3 is 5.97 Å². The lowest BCUT2D eigenvalue weighted by Crippen LogP contribution is -2.32. The van der Waals surface area contributed by atoms with Crippen LogP contribution in [0, 0.1) is 0 Å². The van der Waals surface area contributed by atoms with Crippen LogP contribution in [0.2, 0.25) is 10.0 Å². The Kier molecular flexibility index (Phi) is 6.26. The van der Waals surface area contributed by atoms with Gasteiger partial charge in [0, 0.05) is 31.0 Å². The molecule has 0 saturated heterocycles. The molecule has 0 fully saturated rings. The minimum Gasteiger partial charge on any atom is -0.460 e. The molecular weight excluding hydrogens is 449 g/mol. The van der Waals surface area contributed by atoms with Gasteiger partial charge in [-0.25, -0.2) is 4.98 Å². The molecule has 0 amide bonds. The fourth-order valence-corrected chi connectivity index (χ4v) is 4.66. The Morgan fingerprint density at radius 3 is 2.69 bits per heavy atom. The van der Waals surface area contributed by atoms with Gasteiger partial charge in [0.1, 0.15) is 17.6 Å². The molecule has 1 aromatic heterocycles. The Morgan fingerprint density at radius 1 is 1.25 bits per heavy atom. The molecule has 1 N–H and O–H groups in total. The van der Waals surface area contributed by atoms with Crippen molar-refractivity contribution in [2.75, 3.05) is 5.32 Å². The maximum Gasteiger partial charge on any atom is 0.302 e. The third-order valence-electron chi connectivity index (χ3n) is 5.67. The average molecular weight is 472 g/mol. The number of benzene rings is 2. The minimum atomic E-state index is -0.412. The quantitative estimate of drug-likeness (QED) is 0.532. The summed E-state index contributed by atoms with van der Waals surface area (Å²) in [7, 11) is 1.66. The monoisotopic (exact) mass is 471 g/mol. The zero-order chi connectivity index (χ0) is 23.0. The number of rotatable bonds is 5. The van der Waals surface area contributed by atoms with E-state index in [1.54, 1.807) is 25.2 Å².